The third-order valence-electron chi connectivity index (χ3n) is 3.29. The van der Waals surface area contributed by atoms with Crippen LogP contribution in [-0.4, -0.2) is 14.2 Å². The summed E-state index contributed by atoms with van der Waals surface area (Å²) in [5, 5.41) is 0.360. The van der Waals surface area contributed by atoms with Crippen molar-refractivity contribution in [2.45, 2.75) is 12.5 Å². The summed E-state index contributed by atoms with van der Waals surface area (Å²) >= 11 is 6.05. The van der Waals surface area contributed by atoms with Crippen molar-refractivity contribution < 1.29 is 13.9 Å². The standard InChI is InChI=1S/C16H17ClFNO2/c1-20-14-4-3-5-15(21-2)16(14)13(19)8-10-6-7-11(18)9-12(10)17/h3-7,9,13H,8,19H2,1-2H3. The minimum absolute atomic E-state index is 0.360. The molecule has 5 heteroatoms. The van der Waals surface area contributed by atoms with Gasteiger partial charge in [-0.05, 0) is 36.2 Å². The molecule has 0 radical (unpaired) electrons. The number of nitrogens with two attached hydrogens (primary N) is 1. The molecular formula is C16H17ClFNO2. The second-order valence-corrected chi connectivity index (χ2v) is 5.03. The fourth-order valence-electron chi connectivity index (χ4n) is 2.27. The molecule has 0 aliphatic carbocycles. The van der Waals surface area contributed by atoms with Crippen LogP contribution < -0.4 is 15.2 Å². The number of rotatable bonds is 5. The Morgan fingerprint density at radius 2 is 1.76 bits per heavy atom. The van der Waals surface area contributed by atoms with E-state index in [9.17, 15) is 4.39 Å². The van der Waals surface area contributed by atoms with E-state index < -0.39 is 0 Å². The van der Waals surface area contributed by atoms with Crippen LogP contribution in [0.25, 0.3) is 0 Å². The summed E-state index contributed by atoms with van der Waals surface area (Å²) in [6, 6.07) is 9.39. The average molecular weight is 310 g/mol. The van der Waals surface area contributed by atoms with E-state index in [-0.39, 0.29) is 11.9 Å². The van der Waals surface area contributed by atoms with Crippen LogP contribution in [0.4, 0.5) is 4.39 Å². The Morgan fingerprint density at radius 3 is 2.29 bits per heavy atom. The molecule has 0 heterocycles. The van der Waals surface area contributed by atoms with Gasteiger partial charge in [0.2, 0.25) is 0 Å². The molecule has 0 spiro atoms. The van der Waals surface area contributed by atoms with Crippen LogP contribution >= 0.6 is 11.6 Å². The molecule has 0 saturated carbocycles. The molecule has 2 rings (SSSR count). The van der Waals surface area contributed by atoms with Crippen molar-refractivity contribution in [2.75, 3.05) is 14.2 Å². The van der Waals surface area contributed by atoms with Gasteiger partial charge in [0.1, 0.15) is 17.3 Å². The minimum Gasteiger partial charge on any atom is -0.496 e. The maximum atomic E-state index is 13.1. The second-order valence-electron chi connectivity index (χ2n) is 4.62. The maximum Gasteiger partial charge on any atom is 0.127 e. The molecule has 112 valence electrons. The van der Waals surface area contributed by atoms with E-state index in [1.807, 2.05) is 18.2 Å². The highest BCUT2D eigenvalue weighted by atomic mass is 35.5. The minimum atomic E-state index is -0.376. The first-order valence-corrected chi connectivity index (χ1v) is 6.85. The largest absolute Gasteiger partial charge is 0.496 e. The Balaban J connectivity index is 2.33. The topological polar surface area (TPSA) is 44.5 Å². The zero-order valence-corrected chi connectivity index (χ0v) is 12.7. The number of halogens is 2. The summed E-state index contributed by atoms with van der Waals surface area (Å²) in [5.41, 5.74) is 7.82. The quantitative estimate of drug-likeness (QED) is 0.915. The molecule has 2 aromatic rings. The van der Waals surface area contributed by atoms with Crippen LogP contribution in [0.5, 0.6) is 11.5 Å². The fraction of sp³-hybridized carbons (Fsp3) is 0.250. The van der Waals surface area contributed by atoms with Crippen LogP contribution in [0.3, 0.4) is 0 Å². The lowest BCUT2D eigenvalue weighted by Gasteiger charge is -2.19. The van der Waals surface area contributed by atoms with Gasteiger partial charge < -0.3 is 15.2 Å². The van der Waals surface area contributed by atoms with Gasteiger partial charge in [-0.1, -0.05) is 23.7 Å². The van der Waals surface area contributed by atoms with E-state index in [0.717, 1.165) is 11.1 Å². The van der Waals surface area contributed by atoms with E-state index >= 15 is 0 Å². The molecule has 0 fully saturated rings. The lowest BCUT2D eigenvalue weighted by Crippen LogP contribution is -2.16. The predicted octanol–water partition coefficient (Wildman–Crippen LogP) is 3.74. The van der Waals surface area contributed by atoms with Gasteiger partial charge in [0.15, 0.2) is 0 Å². The third-order valence-corrected chi connectivity index (χ3v) is 3.64. The highest BCUT2D eigenvalue weighted by Crippen LogP contribution is 2.35. The first kappa shape index (κ1) is 15.6. The smallest absolute Gasteiger partial charge is 0.127 e. The van der Waals surface area contributed by atoms with E-state index in [4.69, 9.17) is 26.8 Å². The Kier molecular flexibility index (Phi) is 5.04. The summed E-state index contributed by atoms with van der Waals surface area (Å²) in [4.78, 5) is 0. The predicted molar refractivity (Wildman–Crippen MR) is 81.6 cm³/mol. The van der Waals surface area contributed by atoms with E-state index in [0.29, 0.717) is 22.9 Å². The van der Waals surface area contributed by atoms with Gasteiger partial charge in [-0.15, -0.1) is 0 Å². The summed E-state index contributed by atoms with van der Waals surface area (Å²) in [7, 11) is 3.16. The van der Waals surface area contributed by atoms with Crippen molar-refractivity contribution >= 4 is 11.6 Å². The lowest BCUT2D eigenvalue weighted by atomic mass is 9.98. The molecule has 21 heavy (non-hydrogen) atoms. The summed E-state index contributed by atoms with van der Waals surface area (Å²) in [6.45, 7) is 0. The molecular weight excluding hydrogens is 293 g/mol. The van der Waals surface area contributed by atoms with Crippen LogP contribution in [0, 0.1) is 5.82 Å². The van der Waals surface area contributed by atoms with Crippen LogP contribution in [0.15, 0.2) is 36.4 Å². The Hall–Kier alpha value is -1.78. The molecule has 0 bridgehead atoms. The SMILES string of the molecule is COc1cccc(OC)c1C(N)Cc1ccc(F)cc1Cl. The Morgan fingerprint density at radius 1 is 1.14 bits per heavy atom. The number of hydrogen-bond donors (Lipinski definition) is 1. The van der Waals surface area contributed by atoms with Gasteiger partial charge in [0, 0.05) is 11.1 Å². The molecule has 2 aromatic carbocycles. The van der Waals surface area contributed by atoms with Crippen molar-refractivity contribution in [3.63, 3.8) is 0 Å². The first-order valence-electron chi connectivity index (χ1n) is 6.47. The highest BCUT2D eigenvalue weighted by molar-refractivity contribution is 6.31. The first-order chi connectivity index (χ1) is 10.1. The molecule has 0 saturated heterocycles. The van der Waals surface area contributed by atoms with Gasteiger partial charge >= 0.3 is 0 Å². The second kappa shape index (κ2) is 6.78. The van der Waals surface area contributed by atoms with Gasteiger partial charge in [-0.3, -0.25) is 0 Å². The maximum absolute atomic E-state index is 13.1. The van der Waals surface area contributed by atoms with Crippen molar-refractivity contribution in [1.29, 1.82) is 0 Å². The van der Waals surface area contributed by atoms with Gasteiger partial charge in [0.05, 0.1) is 19.8 Å². The molecule has 0 aliphatic heterocycles. The zero-order valence-electron chi connectivity index (χ0n) is 11.9. The summed E-state index contributed by atoms with van der Waals surface area (Å²) in [5.74, 6) is 0.937. The van der Waals surface area contributed by atoms with Crippen molar-refractivity contribution in [2.24, 2.45) is 5.73 Å². The molecule has 1 unspecified atom stereocenters. The molecule has 2 N–H and O–H groups in total. The van der Waals surface area contributed by atoms with Crippen LogP contribution in [0.1, 0.15) is 17.2 Å². The molecule has 0 aliphatic rings. The van der Waals surface area contributed by atoms with Crippen molar-refractivity contribution in [3.8, 4) is 11.5 Å². The Bertz CT molecular complexity index is 611. The lowest BCUT2D eigenvalue weighted by molar-refractivity contribution is 0.379. The highest BCUT2D eigenvalue weighted by Gasteiger charge is 2.19. The molecule has 3 nitrogen and oxygen atoms in total. The monoisotopic (exact) mass is 309 g/mol. The number of ether oxygens (including phenoxy) is 2. The van der Waals surface area contributed by atoms with E-state index in [1.54, 1.807) is 20.3 Å². The summed E-state index contributed by atoms with van der Waals surface area (Å²) in [6.07, 6.45) is 0.454. The van der Waals surface area contributed by atoms with Crippen LogP contribution in [-0.2, 0) is 6.42 Å². The summed E-state index contributed by atoms with van der Waals surface area (Å²) < 4.78 is 23.8. The molecule has 0 amide bonds. The van der Waals surface area contributed by atoms with E-state index in [1.165, 1.54) is 12.1 Å². The zero-order chi connectivity index (χ0) is 15.4. The van der Waals surface area contributed by atoms with Crippen molar-refractivity contribution in [1.82, 2.24) is 0 Å². The number of methoxy groups -OCH3 is 2. The number of hydrogen-bond acceptors (Lipinski definition) is 3. The number of benzene rings is 2. The third kappa shape index (κ3) is 3.46. The van der Waals surface area contributed by atoms with E-state index in [2.05, 4.69) is 0 Å². The van der Waals surface area contributed by atoms with Crippen molar-refractivity contribution in [3.05, 3.63) is 58.4 Å². The normalized spacial score (nSPS) is 12.0. The Labute approximate surface area is 128 Å². The van der Waals surface area contributed by atoms with Gasteiger partial charge in [-0.25, -0.2) is 4.39 Å². The molecule has 0 aromatic heterocycles. The van der Waals surface area contributed by atoms with Gasteiger partial charge in [-0.2, -0.15) is 0 Å². The average Bonchev–Trinajstić information content (AvgIpc) is 2.49. The van der Waals surface area contributed by atoms with Crippen LogP contribution in [0.2, 0.25) is 5.02 Å². The fourth-order valence-corrected chi connectivity index (χ4v) is 2.52. The van der Waals surface area contributed by atoms with Gasteiger partial charge in [0.25, 0.3) is 0 Å². The molecule has 1 atom stereocenters.